The maximum Gasteiger partial charge on any atom is 0.319 e. The summed E-state index contributed by atoms with van der Waals surface area (Å²) in [6.07, 6.45) is 0.782. The molecule has 0 amide bonds. The van der Waals surface area contributed by atoms with Gasteiger partial charge in [0.05, 0.1) is 22.9 Å². The number of fused-ring (bicyclic) bond motifs is 1. The number of thioether (sulfide) groups is 2. The minimum absolute atomic E-state index is 0.0546. The second-order valence-electron chi connectivity index (χ2n) is 6.27. The molecule has 26 heavy (non-hydrogen) atoms. The number of ether oxygens (including phenoxy) is 1. The van der Waals surface area contributed by atoms with E-state index in [9.17, 15) is 9.59 Å². The van der Waals surface area contributed by atoms with Crippen molar-refractivity contribution in [3.8, 4) is 5.69 Å². The van der Waals surface area contributed by atoms with Crippen LogP contribution in [0.5, 0.6) is 0 Å². The van der Waals surface area contributed by atoms with Crippen molar-refractivity contribution in [3.05, 3.63) is 45.4 Å². The minimum atomic E-state index is -0.439. The van der Waals surface area contributed by atoms with Crippen LogP contribution in [0.15, 0.2) is 33.0 Å². The first-order chi connectivity index (χ1) is 12.4. The van der Waals surface area contributed by atoms with E-state index >= 15 is 0 Å². The van der Waals surface area contributed by atoms with Gasteiger partial charge in [-0.15, -0.1) is 11.8 Å². The molecule has 2 aromatic rings. The zero-order valence-corrected chi connectivity index (χ0v) is 17.0. The average molecular weight is 391 g/mol. The van der Waals surface area contributed by atoms with Crippen molar-refractivity contribution in [2.75, 3.05) is 12.4 Å². The highest BCUT2D eigenvalue weighted by molar-refractivity contribution is 8.00. The van der Waals surface area contributed by atoms with Crippen molar-refractivity contribution in [1.82, 2.24) is 9.55 Å². The average Bonchev–Trinajstić information content (AvgIpc) is 3.03. The zero-order valence-electron chi connectivity index (χ0n) is 15.4. The molecule has 2 heterocycles. The molecule has 1 aromatic heterocycles. The van der Waals surface area contributed by atoms with E-state index in [-0.39, 0.29) is 11.5 Å². The Balaban J connectivity index is 2.12. The summed E-state index contributed by atoms with van der Waals surface area (Å²) in [4.78, 5) is 30.7. The van der Waals surface area contributed by atoms with Gasteiger partial charge in [-0.3, -0.25) is 14.2 Å². The molecule has 0 bridgehead atoms. The highest BCUT2D eigenvalue weighted by Gasteiger charge is 2.25. The van der Waals surface area contributed by atoms with Crippen LogP contribution in [0, 0.1) is 13.8 Å². The summed E-state index contributed by atoms with van der Waals surface area (Å²) in [6, 6.07) is 6.01. The number of aromatic nitrogens is 2. The number of hydrogen-bond donors (Lipinski definition) is 0. The summed E-state index contributed by atoms with van der Waals surface area (Å²) in [6.45, 7) is 7.91. The first kappa shape index (κ1) is 19.0. The normalized spacial score (nSPS) is 14.2. The quantitative estimate of drug-likeness (QED) is 0.442. The predicted molar refractivity (Wildman–Crippen MR) is 106 cm³/mol. The molecule has 1 aliphatic rings. The molecule has 0 aliphatic carbocycles. The van der Waals surface area contributed by atoms with Gasteiger partial charge in [-0.05, 0) is 51.0 Å². The summed E-state index contributed by atoms with van der Waals surface area (Å²) < 4.78 is 6.74. The second-order valence-corrected chi connectivity index (χ2v) is 8.68. The van der Waals surface area contributed by atoms with E-state index in [1.54, 1.807) is 30.2 Å². The Bertz CT molecular complexity index is 888. The van der Waals surface area contributed by atoms with Gasteiger partial charge < -0.3 is 4.74 Å². The summed E-state index contributed by atoms with van der Waals surface area (Å²) in [5, 5.41) is 0.105. The van der Waals surface area contributed by atoms with E-state index < -0.39 is 5.25 Å². The Morgan fingerprint density at radius 2 is 2.04 bits per heavy atom. The lowest BCUT2D eigenvalue weighted by atomic mass is 10.1. The van der Waals surface area contributed by atoms with E-state index in [1.165, 1.54) is 11.8 Å². The van der Waals surface area contributed by atoms with E-state index in [0.717, 1.165) is 39.6 Å². The monoisotopic (exact) mass is 390 g/mol. The van der Waals surface area contributed by atoms with Crippen molar-refractivity contribution >= 4 is 29.5 Å². The van der Waals surface area contributed by atoms with E-state index in [4.69, 9.17) is 9.72 Å². The summed E-state index contributed by atoms with van der Waals surface area (Å²) in [7, 11) is 0. The van der Waals surface area contributed by atoms with Crippen LogP contribution in [-0.4, -0.2) is 33.1 Å². The first-order valence-corrected chi connectivity index (χ1v) is 10.5. The van der Waals surface area contributed by atoms with Gasteiger partial charge in [-0.25, -0.2) is 4.98 Å². The fraction of sp³-hybridized carbons (Fsp3) is 0.421. The van der Waals surface area contributed by atoms with Gasteiger partial charge in [0.15, 0.2) is 5.16 Å². The molecule has 138 valence electrons. The van der Waals surface area contributed by atoms with Gasteiger partial charge in [0.2, 0.25) is 0 Å². The molecule has 0 N–H and O–H groups in total. The number of carbonyl (C=O) groups is 1. The minimum Gasteiger partial charge on any atom is -0.465 e. The molecular formula is C19H22N2O3S2. The fourth-order valence-electron chi connectivity index (χ4n) is 2.94. The second kappa shape index (κ2) is 7.88. The molecule has 0 fully saturated rings. The molecule has 1 atom stereocenters. The Labute approximate surface area is 161 Å². The number of aryl methyl sites for hydroxylation is 3. The van der Waals surface area contributed by atoms with Gasteiger partial charge in [0, 0.05) is 12.2 Å². The molecule has 1 aromatic carbocycles. The largest absolute Gasteiger partial charge is 0.465 e. The van der Waals surface area contributed by atoms with Crippen molar-refractivity contribution in [2.24, 2.45) is 0 Å². The molecule has 0 saturated carbocycles. The number of rotatable bonds is 5. The predicted octanol–water partition coefficient (Wildman–Crippen LogP) is 3.54. The Morgan fingerprint density at radius 3 is 2.69 bits per heavy atom. The zero-order chi connectivity index (χ0) is 18.8. The summed E-state index contributed by atoms with van der Waals surface area (Å²) in [5.74, 6) is 0.569. The van der Waals surface area contributed by atoms with Crippen molar-refractivity contribution in [2.45, 2.75) is 49.4 Å². The Morgan fingerprint density at radius 1 is 1.35 bits per heavy atom. The third-order valence-electron chi connectivity index (χ3n) is 4.03. The number of benzene rings is 1. The fourth-order valence-corrected chi connectivity index (χ4v) is 4.91. The van der Waals surface area contributed by atoms with Crippen molar-refractivity contribution in [1.29, 1.82) is 0 Å². The third-order valence-corrected chi connectivity index (χ3v) is 6.17. The molecule has 0 radical (unpaired) electrons. The smallest absolute Gasteiger partial charge is 0.319 e. The van der Waals surface area contributed by atoms with Crippen molar-refractivity contribution in [3.63, 3.8) is 0 Å². The summed E-state index contributed by atoms with van der Waals surface area (Å²) >= 11 is 2.83. The molecule has 0 saturated heterocycles. The first-order valence-electron chi connectivity index (χ1n) is 8.61. The van der Waals surface area contributed by atoms with Crippen LogP contribution in [0.25, 0.3) is 5.69 Å². The highest BCUT2D eigenvalue weighted by atomic mass is 32.2. The van der Waals surface area contributed by atoms with Crippen LogP contribution in [0.3, 0.4) is 0 Å². The van der Waals surface area contributed by atoms with Crippen molar-refractivity contribution < 1.29 is 9.53 Å². The van der Waals surface area contributed by atoms with Crippen LogP contribution in [0.1, 0.15) is 30.7 Å². The van der Waals surface area contributed by atoms with Crippen LogP contribution in [-0.2, 0) is 16.0 Å². The van der Waals surface area contributed by atoms with Crippen LogP contribution in [0.4, 0.5) is 0 Å². The topological polar surface area (TPSA) is 61.2 Å². The van der Waals surface area contributed by atoms with Crippen LogP contribution in [0.2, 0.25) is 0 Å². The summed E-state index contributed by atoms with van der Waals surface area (Å²) in [5.41, 5.74) is 3.72. The van der Waals surface area contributed by atoms with E-state index in [1.807, 2.05) is 26.0 Å². The molecule has 7 heteroatoms. The maximum atomic E-state index is 13.2. The Hall–Kier alpha value is -1.73. The number of nitrogens with zero attached hydrogens (tertiary/aromatic N) is 2. The lowest BCUT2D eigenvalue weighted by Gasteiger charge is -2.17. The van der Waals surface area contributed by atoms with Gasteiger partial charge in [0.1, 0.15) is 5.25 Å². The highest BCUT2D eigenvalue weighted by Crippen LogP contribution is 2.31. The molecule has 3 rings (SSSR count). The number of hydrogen-bond acceptors (Lipinski definition) is 6. The van der Waals surface area contributed by atoms with Crippen LogP contribution >= 0.6 is 23.5 Å². The SMILES string of the molecule is CCOC(=O)C(C)Sc1nc2c(c(=O)n1-c1cc(C)cc(C)c1)SCC2. The molecule has 1 aliphatic heterocycles. The Kier molecular flexibility index (Phi) is 5.77. The van der Waals surface area contributed by atoms with Gasteiger partial charge in [-0.2, -0.15) is 0 Å². The molecular weight excluding hydrogens is 368 g/mol. The number of esters is 1. The third kappa shape index (κ3) is 3.83. The van der Waals surface area contributed by atoms with Gasteiger partial charge >= 0.3 is 5.97 Å². The number of carbonyl (C=O) groups excluding carboxylic acids is 1. The molecule has 0 spiro atoms. The lowest BCUT2D eigenvalue weighted by Crippen LogP contribution is -2.26. The van der Waals surface area contributed by atoms with E-state index in [2.05, 4.69) is 6.07 Å². The molecule has 5 nitrogen and oxygen atoms in total. The standard InChI is InChI=1S/C19H22N2O3S2/c1-5-24-18(23)13(4)26-19-20-15-6-7-25-16(15)17(22)21(19)14-9-11(2)8-12(3)10-14/h8-10,13H,5-7H2,1-4H3. The van der Waals surface area contributed by atoms with Gasteiger partial charge in [-0.1, -0.05) is 17.8 Å². The maximum absolute atomic E-state index is 13.2. The van der Waals surface area contributed by atoms with Gasteiger partial charge in [0.25, 0.3) is 5.56 Å². The molecule has 1 unspecified atom stereocenters. The van der Waals surface area contributed by atoms with Crippen LogP contribution < -0.4 is 5.56 Å². The van der Waals surface area contributed by atoms with E-state index in [0.29, 0.717) is 11.8 Å². The lowest BCUT2D eigenvalue weighted by molar-refractivity contribution is -0.142.